The fourth-order valence-electron chi connectivity index (χ4n) is 2.81. The van der Waals surface area contributed by atoms with Gasteiger partial charge < -0.3 is 9.88 Å². The maximum atomic E-state index is 6.15. The summed E-state index contributed by atoms with van der Waals surface area (Å²) in [6, 6.07) is 15.8. The molecule has 0 atom stereocenters. The summed E-state index contributed by atoms with van der Waals surface area (Å²) in [5.41, 5.74) is 4.86. The molecule has 0 bridgehead atoms. The molecule has 0 aliphatic carbocycles. The fraction of sp³-hybridized carbons (Fsp3) is 0.111. The van der Waals surface area contributed by atoms with Crippen molar-refractivity contribution in [2.45, 2.75) is 6.92 Å². The van der Waals surface area contributed by atoms with E-state index in [1.54, 1.807) is 0 Å². The van der Waals surface area contributed by atoms with Crippen LogP contribution in [0.1, 0.15) is 5.69 Å². The average Bonchev–Trinajstić information content (AvgIpc) is 2.85. The summed E-state index contributed by atoms with van der Waals surface area (Å²) >= 11 is 6.15. The molecule has 0 saturated heterocycles. The minimum Gasteiger partial charge on any atom is -0.325 e. The number of anilines is 2. The Morgan fingerprint density at radius 1 is 1.00 bits per heavy atom. The van der Waals surface area contributed by atoms with Crippen molar-refractivity contribution in [2.24, 2.45) is 7.05 Å². The van der Waals surface area contributed by atoms with Crippen molar-refractivity contribution in [3.63, 3.8) is 0 Å². The lowest BCUT2D eigenvalue weighted by Crippen LogP contribution is -2.01. The van der Waals surface area contributed by atoms with Crippen molar-refractivity contribution < 1.29 is 0 Å². The Hall–Kier alpha value is -2.30. The van der Waals surface area contributed by atoms with Gasteiger partial charge in [0, 0.05) is 23.2 Å². The number of hydrogen-bond acceptors (Lipinski definition) is 3. The number of aryl methyl sites for hydroxylation is 2. The molecule has 4 aromatic rings. The van der Waals surface area contributed by atoms with Crippen LogP contribution in [-0.4, -0.2) is 14.5 Å². The first-order valence-corrected chi connectivity index (χ1v) is 7.75. The van der Waals surface area contributed by atoms with Gasteiger partial charge in [-0.05, 0) is 43.3 Å². The van der Waals surface area contributed by atoms with Gasteiger partial charge in [-0.1, -0.05) is 23.7 Å². The molecule has 0 fully saturated rings. The summed E-state index contributed by atoms with van der Waals surface area (Å²) in [5, 5.41) is 5.10. The van der Waals surface area contributed by atoms with Gasteiger partial charge in [0.25, 0.3) is 0 Å². The van der Waals surface area contributed by atoms with E-state index in [-0.39, 0.29) is 12.4 Å². The van der Waals surface area contributed by atoms with Gasteiger partial charge in [-0.2, -0.15) is 0 Å². The number of nitrogens with one attached hydrogen (secondary N) is 1. The summed E-state index contributed by atoms with van der Waals surface area (Å²) in [7, 11) is 2.00. The van der Waals surface area contributed by atoms with E-state index in [2.05, 4.69) is 21.4 Å². The van der Waals surface area contributed by atoms with Crippen molar-refractivity contribution in [3.05, 3.63) is 59.2 Å². The first-order chi connectivity index (χ1) is 11.1. The number of halogens is 2. The van der Waals surface area contributed by atoms with Crippen LogP contribution in [0.15, 0.2) is 48.5 Å². The van der Waals surface area contributed by atoms with E-state index in [0.717, 1.165) is 39.3 Å². The third-order valence-corrected chi connectivity index (χ3v) is 4.17. The third-order valence-electron chi connectivity index (χ3n) is 3.93. The number of imidazole rings is 1. The number of nitrogens with zero attached hydrogens (tertiary/aromatic N) is 3. The zero-order valence-electron chi connectivity index (χ0n) is 13.2. The number of para-hydroxylation sites is 2. The molecule has 1 N–H and O–H groups in total. The molecule has 2 heterocycles. The lowest BCUT2D eigenvalue weighted by Gasteiger charge is -2.11. The number of rotatable bonds is 2. The lowest BCUT2D eigenvalue weighted by atomic mass is 10.1. The largest absolute Gasteiger partial charge is 0.325 e. The van der Waals surface area contributed by atoms with Crippen LogP contribution in [-0.2, 0) is 7.05 Å². The zero-order valence-corrected chi connectivity index (χ0v) is 14.8. The summed E-state index contributed by atoms with van der Waals surface area (Å²) in [6.07, 6.45) is 0. The minimum atomic E-state index is 0. The number of benzene rings is 2. The minimum absolute atomic E-state index is 0. The molecule has 0 amide bonds. The number of pyridine rings is 1. The van der Waals surface area contributed by atoms with Gasteiger partial charge in [0.15, 0.2) is 0 Å². The molecule has 2 aromatic carbocycles. The smallest absolute Gasteiger partial charge is 0.208 e. The predicted octanol–water partition coefficient (Wildman–Crippen LogP) is 5.25. The summed E-state index contributed by atoms with van der Waals surface area (Å²) in [4.78, 5) is 9.22. The molecule has 24 heavy (non-hydrogen) atoms. The molecule has 122 valence electrons. The van der Waals surface area contributed by atoms with E-state index >= 15 is 0 Å². The van der Waals surface area contributed by atoms with Crippen LogP contribution in [0.5, 0.6) is 0 Å². The van der Waals surface area contributed by atoms with Gasteiger partial charge in [0.05, 0.1) is 22.2 Å². The first kappa shape index (κ1) is 16.6. The lowest BCUT2D eigenvalue weighted by molar-refractivity contribution is 0.958. The Balaban J connectivity index is 0.00000169. The molecule has 4 nitrogen and oxygen atoms in total. The van der Waals surface area contributed by atoms with Crippen LogP contribution in [0.2, 0.25) is 5.02 Å². The van der Waals surface area contributed by atoms with Crippen LogP contribution in [0, 0.1) is 6.92 Å². The Bertz CT molecular complexity index is 1040. The Morgan fingerprint density at radius 2 is 1.79 bits per heavy atom. The average molecular weight is 359 g/mol. The van der Waals surface area contributed by atoms with Crippen LogP contribution in [0.4, 0.5) is 11.6 Å². The highest BCUT2D eigenvalue weighted by Crippen LogP contribution is 2.29. The topological polar surface area (TPSA) is 42.7 Å². The molecule has 0 spiro atoms. The van der Waals surface area contributed by atoms with Crippen LogP contribution in [0.3, 0.4) is 0 Å². The van der Waals surface area contributed by atoms with E-state index < -0.39 is 0 Å². The summed E-state index contributed by atoms with van der Waals surface area (Å²) in [6.45, 7) is 1.98. The fourth-order valence-corrected chi connectivity index (χ4v) is 2.98. The number of hydrogen-bond donors (Lipinski definition) is 1. The SMILES string of the molecule is Cc1cc(Nc2nc3ccccc3n2C)c2cc(Cl)ccc2n1.Cl. The van der Waals surface area contributed by atoms with Gasteiger partial charge in [0.2, 0.25) is 5.95 Å². The van der Waals surface area contributed by atoms with Crippen LogP contribution < -0.4 is 5.32 Å². The maximum Gasteiger partial charge on any atom is 0.208 e. The number of aromatic nitrogens is 3. The molecule has 6 heteroatoms. The van der Waals surface area contributed by atoms with Crippen molar-refractivity contribution >= 4 is 57.6 Å². The predicted molar refractivity (Wildman–Crippen MR) is 103 cm³/mol. The Morgan fingerprint density at radius 3 is 2.58 bits per heavy atom. The van der Waals surface area contributed by atoms with Gasteiger partial charge in [0.1, 0.15) is 0 Å². The molecule has 0 saturated carbocycles. The number of fused-ring (bicyclic) bond motifs is 2. The summed E-state index contributed by atoms with van der Waals surface area (Å²) < 4.78 is 2.04. The van der Waals surface area contributed by atoms with Crippen molar-refractivity contribution in [1.29, 1.82) is 0 Å². The molecular weight excluding hydrogens is 343 g/mol. The van der Waals surface area contributed by atoms with E-state index in [1.807, 2.05) is 61.0 Å². The maximum absolute atomic E-state index is 6.15. The van der Waals surface area contributed by atoms with E-state index in [1.165, 1.54) is 0 Å². The van der Waals surface area contributed by atoms with Crippen molar-refractivity contribution in [2.75, 3.05) is 5.32 Å². The van der Waals surface area contributed by atoms with Gasteiger partial charge in [-0.15, -0.1) is 12.4 Å². The second kappa shape index (κ2) is 6.30. The zero-order chi connectivity index (χ0) is 16.0. The highest BCUT2D eigenvalue weighted by Gasteiger charge is 2.10. The van der Waals surface area contributed by atoms with Crippen molar-refractivity contribution in [1.82, 2.24) is 14.5 Å². The second-order valence-electron chi connectivity index (χ2n) is 5.58. The monoisotopic (exact) mass is 358 g/mol. The Labute approximate surface area is 150 Å². The van der Waals surface area contributed by atoms with Crippen LogP contribution in [0.25, 0.3) is 21.9 Å². The van der Waals surface area contributed by atoms with E-state index in [9.17, 15) is 0 Å². The third kappa shape index (κ3) is 2.79. The quantitative estimate of drug-likeness (QED) is 0.532. The standard InChI is InChI=1S/C18H15ClN4.ClH/c1-11-9-16(13-10-12(19)7-8-14(13)20-11)22-18-21-15-5-3-4-6-17(15)23(18)2;/h3-10H,1-2H3,(H,20,21,22);1H. The van der Waals surface area contributed by atoms with Gasteiger partial charge in [-0.3, -0.25) is 4.98 Å². The molecule has 2 aromatic heterocycles. The molecule has 0 radical (unpaired) electrons. The van der Waals surface area contributed by atoms with E-state index in [4.69, 9.17) is 11.6 Å². The van der Waals surface area contributed by atoms with E-state index in [0.29, 0.717) is 5.02 Å². The molecule has 4 rings (SSSR count). The van der Waals surface area contributed by atoms with Gasteiger partial charge in [-0.25, -0.2) is 4.98 Å². The van der Waals surface area contributed by atoms with Crippen molar-refractivity contribution in [3.8, 4) is 0 Å². The van der Waals surface area contributed by atoms with Crippen LogP contribution >= 0.6 is 24.0 Å². The molecule has 0 aliphatic heterocycles. The first-order valence-electron chi connectivity index (χ1n) is 7.37. The Kier molecular flexibility index (Phi) is 4.35. The normalized spacial score (nSPS) is 10.8. The highest BCUT2D eigenvalue weighted by molar-refractivity contribution is 6.31. The summed E-state index contributed by atoms with van der Waals surface area (Å²) in [5.74, 6) is 0.790. The molecule has 0 aliphatic rings. The van der Waals surface area contributed by atoms with Gasteiger partial charge >= 0.3 is 0 Å². The highest BCUT2D eigenvalue weighted by atomic mass is 35.5. The molecule has 0 unspecified atom stereocenters. The second-order valence-corrected chi connectivity index (χ2v) is 6.02. The molecular formula is C18H16Cl2N4.